The smallest absolute Gasteiger partial charge is 0.306 e. The van der Waals surface area contributed by atoms with Crippen molar-refractivity contribution in [3.8, 4) is 0 Å². The summed E-state index contributed by atoms with van der Waals surface area (Å²) >= 11 is 0. The summed E-state index contributed by atoms with van der Waals surface area (Å²) in [4.78, 5) is 36.9. The molecule has 418 valence electrons. The van der Waals surface area contributed by atoms with Crippen LogP contribution in [0, 0.1) is 0 Å². The lowest BCUT2D eigenvalue weighted by Gasteiger charge is -2.26. The fourth-order valence-electron chi connectivity index (χ4n) is 8.45. The van der Waals surface area contributed by atoms with Gasteiger partial charge in [-0.25, -0.2) is 0 Å². The molecule has 0 aromatic carbocycles. The van der Waals surface area contributed by atoms with Crippen LogP contribution in [0.25, 0.3) is 0 Å². The Morgan fingerprint density at radius 2 is 0.792 bits per heavy atom. The molecule has 0 aliphatic heterocycles. The van der Waals surface area contributed by atoms with Crippen molar-refractivity contribution in [2.24, 2.45) is 0 Å². The van der Waals surface area contributed by atoms with Crippen LogP contribution in [0.5, 0.6) is 0 Å². The van der Waals surface area contributed by atoms with Crippen LogP contribution in [-0.4, -0.2) is 82.3 Å². The van der Waals surface area contributed by atoms with Crippen LogP contribution >= 0.6 is 0 Å². The van der Waals surface area contributed by atoms with Gasteiger partial charge in [-0.2, -0.15) is 0 Å². The monoisotopic (exact) mass is 1010 g/mol. The molecule has 0 N–H and O–H groups in total. The number of rotatable bonds is 55. The fourth-order valence-corrected chi connectivity index (χ4v) is 8.45. The highest BCUT2D eigenvalue weighted by molar-refractivity contribution is 5.70. The number of unbranched alkanes of at least 4 members (excludes halogenated alkanes) is 30. The Hall–Kier alpha value is -3.01. The first-order valence-corrected chi connectivity index (χ1v) is 29.9. The average molecular weight is 1010 g/mol. The summed E-state index contributed by atoms with van der Waals surface area (Å²) in [5.41, 5.74) is 0. The van der Waals surface area contributed by atoms with Gasteiger partial charge in [0.25, 0.3) is 0 Å². The maximum Gasteiger partial charge on any atom is 0.306 e. The molecule has 0 aromatic heterocycles. The van der Waals surface area contributed by atoms with Crippen molar-refractivity contribution in [2.45, 2.75) is 277 Å². The second-order valence-electron chi connectivity index (χ2n) is 21.3. The van der Waals surface area contributed by atoms with E-state index in [1.54, 1.807) is 0 Å². The van der Waals surface area contributed by atoms with E-state index in [9.17, 15) is 19.5 Å². The van der Waals surface area contributed by atoms with E-state index in [0.29, 0.717) is 17.4 Å². The van der Waals surface area contributed by atoms with Crippen molar-refractivity contribution in [3.05, 3.63) is 60.8 Å². The highest BCUT2D eigenvalue weighted by Gasteiger charge is 2.22. The molecule has 0 fully saturated rings. The molecular weight excluding hydrogens is 899 g/mol. The van der Waals surface area contributed by atoms with Gasteiger partial charge in [-0.15, -0.1) is 0 Å². The van der Waals surface area contributed by atoms with E-state index in [-0.39, 0.29) is 32.2 Å². The van der Waals surface area contributed by atoms with E-state index in [1.165, 1.54) is 161 Å². The van der Waals surface area contributed by atoms with E-state index in [0.717, 1.165) is 77.0 Å². The number of aliphatic carboxylic acids is 1. The third-order valence-electron chi connectivity index (χ3n) is 13.0. The van der Waals surface area contributed by atoms with Crippen LogP contribution in [0.3, 0.4) is 0 Å². The molecule has 2 atom stereocenters. The van der Waals surface area contributed by atoms with Crippen LogP contribution in [0.4, 0.5) is 0 Å². The molecule has 0 radical (unpaired) electrons. The standard InChI is InChI=1S/C63H113NO8/c1-6-8-10-12-14-15-16-17-18-19-20-21-22-23-24-25-26-27-28-29-30-31-32-33-34-35-36-37-38-39-40-41-42-43-44-45-46-47-48-50-52-54-61(66)72-59(57-70-60(65)53-51-49-13-11-9-7-2)58-71-63(62(67)68)69-56-55-64(3,4)5/h8,10,14-15,17-18,20-21,23-24,59,63H,6-7,9,11-13,16,19,22,25-58H2,1-5H3/b10-8-,15-14-,18-17-,21-20-,24-23-. The number of quaternary nitrogens is 1. The second kappa shape index (κ2) is 54.3. The van der Waals surface area contributed by atoms with Crippen molar-refractivity contribution < 1.29 is 42.9 Å². The Kier molecular flexibility index (Phi) is 52.0. The Bertz CT molecular complexity index is 1360. The van der Waals surface area contributed by atoms with E-state index >= 15 is 0 Å². The Morgan fingerprint density at radius 3 is 1.18 bits per heavy atom. The molecule has 0 aliphatic rings. The summed E-state index contributed by atoms with van der Waals surface area (Å²) in [6.07, 6.45) is 66.4. The lowest BCUT2D eigenvalue weighted by Crippen LogP contribution is -2.44. The third kappa shape index (κ3) is 54.8. The molecule has 0 saturated carbocycles. The molecule has 0 rings (SSSR count). The van der Waals surface area contributed by atoms with Gasteiger partial charge in [0.05, 0.1) is 40.3 Å². The molecule has 9 nitrogen and oxygen atoms in total. The number of allylic oxidation sites excluding steroid dienone is 10. The summed E-state index contributed by atoms with van der Waals surface area (Å²) in [5, 5.41) is 11.7. The zero-order chi connectivity index (χ0) is 52.7. The van der Waals surface area contributed by atoms with Gasteiger partial charge in [-0.1, -0.05) is 254 Å². The molecule has 0 amide bonds. The Labute approximate surface area is 444 Å². The number of hydrogen-bond acceptors (Lipinski definition) is 8. The normalized spacial score (nSPS) is 13.2. The number of carboxylic acid groups (broad SMARTS) is 1. The van der Waals surface area contributed by atoms with Crippen LogP contribution < -0.4 is 5.11 Å². The minimum absolute atomic E-state index is 0.150. The first-order chi connectivity index (χ1) is 35.1. The van der Waals surface area contributed by atoms with Crippen molar-refractivity contribution in [2.75, 3.05) is 47.5 Å². The quantitative estimate of drug-likeness (QED) is 0.0195. The number of carboxylic acids is 1. The average Bonchev–Trinajstić information content (AvgIpc) is 3.35. The molecule has 0 aliphatic carbocycles. The predicted molar refractivity (Wildman–Crippen MR) is 302 cm³/mol. The molecule has 0 saturated heterocycles. The number of likely N-dealkylation sites (N-methyl/N-ethyl adjacent to an activating group) is 1. The molecular formula is C63H113NO8. The summed E-state index contributed by atoms with van der Waals surface area (Å²) < 4.78 is 22.5. The Morgan fingerprint density at radius 1 is 0.431 bits per heavy atom. The topological polar surface area (TPSA) is 111 Å². The molecule has 0 bridgehead atoms. The first-order valence-electron chi connectivity index (χ1n) is 29.9. The van der Waals surface area contributed by atoms with E-state index in [2.05, 4.69) is 74.6 Å². The van der Waals surface area contributed by atoms with Crippen LogP contribution in [0.15, 0.2) is 60.8 Å². The van der Waals surface area contributed by atoms with Gasteiger partial charge in [0.1, 0.15) is 13.2 Å². The lowest BCUT2D eigenvalue weighted by molar-refractivity contribution is -0.870. The number of ether oxygens (including phenoxy) is 4. The highest BCUT2D eigenvalue weighted by atomic mass is 16.7. The van der Waals surface area contributed by atoms with E-state index in [4.69, 9.17) is 18.9 Å². The molecule has 0 heterocycles. The number of carbonyl (C=O) groups excluding carboxylic acids is 3. The zero-order valence-electron chi connectivity index (χ0n) is 47.5. The van der Waals surface area contributed by atoms with E-state index in [1.807, 2.05) is 21.1 Å². The predicted octanol–water partition coefficient (Wildman–Crippen LogP) is 16.3. The maximum absolute atomic E-state index is 12.8. The second-order valence-corrected chi connectivity index (χ2v) is 21.3. The number of esters is 2. The van der Waals surface area contributed by atoms with Crippen molar-refractivity contribution >= 4 is 17.9 Å². The van der Waals surface area contributed by atoms with Gasteiger partial charge < -0.3 is 33.3 Å². The highest BCUT2D eigenvalue weighted by Crippen LogP contribution is 2.17. The van der Waals surface area contributed by atoms with Crippen molar-refractivity contribution in [1.29, 1.82) is 0 Å². The number of carbonyl (C=O) groups is 3. The number of hydrogen-bond donors (Lipinski definition) is 0. The first kappa shape index (κ1) is 69.0. The van der Waals surface area contributed by atoms with Gasteiger partial charge >= 0.3 is 11.9 Å². The van der Waals surface area contributed by atoms with Crippen molar-refractivity contribution in [1.82, 2.24) is 0 Å². The van der Waals surface area contributed by atoms with Crippen LogP contribution in [0.1, 0.15) is 264 Å². The van der Waals surface area contributed by atoms with E-state index < -0.39 is 24.3 Å². The van der Waals surface area contributed by atoms with Crippen LogP contribution in [-0.2, 0) is 33.3 Å². The lowest BCUT2D eigenvalue weighted by atomic mass is 10.0. The molecule has 2 unspecified atom stereocenters. The molecule has 0 spiro atoms. The van der Waals surface area contributed by atoms with Crippen molar-refractivity contribution in [3.63, 3.8) is 0 Å². The summed E-state index contributed by atoms with van der Waals surface area (Å²) in [6.45, 7) is 4.58. The summed E-state index contributed by atoms with van der Waals surface area (Å²) in [5.74, 6) is -2.28. The molecule has 0 aromatic rings. The molecule has 72 heavy (non-hydrogen) atoms. The summed E-state index contributed by atoms with van der Waals surface area (Å²) in [7, 11) is 5.91. The van der Waals surface area contributed by atoms with Gasteiger partial charge in [-0.3, -0.25) is 9.59 Å². The Balaban J connectivity index is 3.78. The summed E-state index contributed by atoms with van der Waals surface area (Å²) in [6, 6.07) is 0. The minimum atomic E-state index is -1.62. The van der Waals surface area contributed by atoms with Gasteiger partial charge in [0.15, 0.2) is 12.4 Å². The SMILES string of the molecule is CC/C=C\C/C=C\C/C=C\C/C=C\C/C=C\CCCCCCCCCCCCCCCCCCCCCCCCCCCC(=O)OC(COC(=O)CCCCCCCC)COC(OCC[N+](C)(C)C)C(=O)[O-]. The van der Waals surface area contributed by atoms with Gasteiger partial charge in [-0.05, 0) is 57.8 Å². The van der Waals surface area contributed by atoms with Gasteiger partial charge in [0, 0.05) is 12.8 Å². The van der Waals surface area contributed by atoms with Crippen LogP contribution in [0.2, 0.25) is 0 Å². The minimum Gasteiger partial charge on any atom is -0.545 e. The molecule has 9 heteroatoms. The zero-order valence-corrected chi connectivity index (χ0v) is 47.5. The largest absolute Gasteiger partial charge is 0.545 e. The number of nitrogens with zero attached hydrogens (tertiary/aromatic N) is 1. The van der Waals surface area contributed by atoms with Gasteiger partial charge in [0.2, 0.25) is 0 Å². The third-order valence-corrected chi connectivity index (χ3v) is 13.0. The fraction of sp³-hybridized carbons (Fsp3) is 0.794. The maximum atomic E-state index is 12.8.